The van der Waals surface area contributed by atoms with Gasteiger partial charge < -0.3 is 4.90 Å². The van der Waals surface area contributed by atoms with Crippen LogP contribution in [-0.4, -0.2) is 59.4 Å². The second-order valence-electron chi connectivity index (χ2n) is 5.87. The molecule has 0 saturated carbocycles. The van der Waals surface area contributed by atoms with Crippen LogP contribution in [0.1, 0.15) is 31.6 Å². The lowest BCUT2D eigenvalue weighted by molar-refractivity contribution is 0.0847. The van der Waals surface area contributed by atoms with Crippen molar-refractivity contribution in [1.29, 1.82) is 0 Å². The smallest absolute Gasteiger partial charge is 0.0807 e. The van der Waals surface area contributed by atoms with Crippen molar-refractivity contribution in [3.63, 3.8) is 0 Å². The van der Waals surface area contributed by atoms with E-state index in [9.17, 15) is 0 Å². The minimum atomic E-state index is 0.0435. The van der Waals surface area contributed by atoms with Gasteiger partial charge in [0.2, 0.25) is 0 Å². The minimum Gasteiger partial charge on any atom is -0.303 e. The van der Waals surface area contributed by atoms with Gasteiger partial charge in [0.1, 0.15) is 0 Å². The summed E-state index contributed by atoms with van der Waals surface area (Å²) >= 11 is 3.62. The van der Waals surface area contributed by atoms with E-state index in [-0.39, 0.29) is 6.04 Å². The standard InChI is InChI=1S/C13H25BrN6/c1-9(2)20-13(10(14)7-16-20)12(17-15)11-8-18(3)5-6-19(11)4/h7,9,11-12,17H,5-6,8,15H2,1-4H3. The number of aromatic nitrogens is 2. The molecule has 7 heteroatoms. The molecule has 0 amide bonds. The number of halogens is 1. The summed E-state index contributed by atoms with van der Waals surface area (Å²) in [6.45, 7) is 7.39. The Hall–Kier alpha value is -0.470. The lowest BCUT2D eigenvalue weighted by atomic mass is 10.0. The van der Waals surface area contributed by atoms with Crippen molar-refractivity contribution in [2.75, 3.05) is 33.7 Å². The molecule has 0 aromatic carbocycles. The van der Waals surface area contributed by atoms with Gasteiger partial charge in [0.05, 0.1) is 22.4 Å². The molecule has 1 fully saturated rings. The Morgan fingerprint density at radius 1 is 1.40 bits per heavy atom. The van der Waals surface area contributed by atoms with E-state index >= 15 is 0 Å². The Balaban J connectivity index is 2.34. The van der Waals surface area contributed by atoms with Crippen LogP contribution in [-0.2, 0) is 0 Å². The molecule has 6 nitrogen and oxygen atoms in total. The third-order valence-electron chi connectivity index (χ3n) is 4.03. The molecule has 2 unspecified atom stereocenters. The van der Waals surface area contributed by atoms with Crippen molar-refractivity contribution >= 4 is 15.9 Å². The quantitative estimate of drug-likeness (QED) is 0.629. The first kappa shape index (κ1) is 15.9. The summed E-state index contributed by atoms with van der Waals surface area (Å²) in [6, 6.07) is 0.671. The van der Waals surface area contributed by atoms with Crippen LogP contribution < -0.4 is 11.3 Å². The number of piperazine rings is 1. The van der Waals surface area contributed by atoms with Crippen molar-refractivity contribution in [1.82, 2.24) is 25.0 Å². The highest BCUT2D eigenvalue weighted by molar-refractivity contribution is 9.10. The molecular formula is C13H25BrN6. The van der Waals surface area contributed by atoms with Gasteiger partial charge >= 0.3 is 0 Å². The highest BCUT2D eigenvalue weighted by atomic mass is 79.9. The lowest BCUT2D eigenvalue weighted by Crippen LogP contribution is -2.56. The van der Waals surface area contributed by atoms with Crippen LogP contribution in [0.2, 0.25) is 0 Å². The summed E-state index contributed by atoms with van der Waals surface area (Å²) < 4.78 is 3.05. The third-order valence-corrected chi connectivity index (χ3v) is 4.65. The number of rotatable bonds is 4. The van der Waals surface area contributed by atoms with E-state index in [0.717, 1.165) is 29.8 Å². The Labute approximate surface area is 129 Å². The molecule has 1 aromatic heterocycles. The fourth-order valence-corrected chi connectivity index (χ4v) is 3.35. The Kier molecular flexibility index (Phi) is 5.19. The van der Waals surface area contributed by atoms with E-state index in [4.69, 9.17) is 5.84 Å². The van der Waals surface area contributed by atoms with Crippen LogP contribution in [0.4, 0.5) is 0 Å². The van der Waals surface area contributed by atoms with Gasteiger partial charge in [-0.05, 0) is 43.9 Å². The fourth-order valence-electron chi connectivity index (χ4n) is 2.83. The van der Waals surface area contributed by atoms with Crippen LogP contribution in [0.5, 0.6) is 0 Å². The molecular weight excluding hydrogens is 320 g/mol. The van der Waals surface area contributed by atoms with Crippen molar-refractivity contribution in [3.05, 3.63) is 16.4 Å². The molecule has 2 atom stereocenters. The van der Waals surface area contributed by atoms with Gasteiger partial charge in [-0.1, -0.05) is 0 Å². The van der Waals surface area contributed by atoms with Crippen molar-refractivity contribution in [3.8, 4) is 0 Å². The summed E-state index contributed by atoms with van der Waals surface area (Å²) in [6.07, 6.45) is 1.85. The highest BCUT2D eigenvalue weighted by Gasteiger charge is 2.33. The topological polar surface area (TPSA) is 62.4 Å². The van der Waals surface area contributed by atoms with Crippen molar-refractivity contribution in [2.45, 2.75) is 32.0 Å². The molecule has 1 aromatic rings. The van der Waals surface area contributed by atoms with Gasteiger partial charge in [0.25, 0.3) is 0 Å². The minimum absolute atomic E-state index is 0.0435. The second-order valence-corrected chi connectivity index (χ2v) is 6.72. The number of nitrogens with one attached hydrogen (secondary N) is 1. The summed E-state index contributed by atoms with van der Waals surface area (Å²) in [7, 11) is 4.31. The Morgan fingerprint density at radius 2 is 2.10 bits per heavy atom. The molecule has 2 rings (SSSR count). The number of nitrogens with two attached hydrogens (primary N) is 1. The first-order valence-electron chi connectivity index (χ1n) is 7.03. The zero-order chi connectivity index (χ0) is 14.9. The number of hydrogen-bond acceptors (Lipinski definition) is 5. The van der Waals surface area contributed by atoms with E-state index in [0.29, 0.717) is 12.1 Å². The van der Waals surface area contributed by atoms with E-state index in [2.05, 4.69) is 64.2 Å². The summed E-state index contributed by atoms with van der Waals surface area (Å²) in [5.41, 5.74) is 4.12. The third kappa shape index (κ3) is 3.07. The zero-order valence-electron chi connectivity index (χ0n) is 12.7. The number of hydrazine groups is 1. The molecule has 0 aliphatic carbocycles. The summed E-state index contributed by atoms with van der Waals surface area (Å²) in [5, 5.41) is 4.47. The molecule has 20 heavy (non-hydrogen) atoms. The van der Waals surface area contributed by atoms with E-state index in [1.54, 1.807) is 0 Å². The highest BCUT2D eigenvalue weighted by Crippen LogP contribution is 2.30. The lowest BCUT2D eigenvalue weighted by Gasteiger charge is -2.42. The normalized spacial score (nSPS) is 23.4. The van der Waals surface area contributed by atoms with Gasteiger partial charge in [-0.25, -0.2) is 5.43 Å². The van der Waals surface area contributed by atoms with Gasteiger partial charge in [0, 0.05) is 31.7 Å². The van der Waals surface area contributed by atoms with Gasteiger partial charge in [0.15, 0.2) is 0 Å². The van der Waals surface area contributed by atoms with Crippen LogP contribution in [0.25, 0.3) is 0 Å². The molecule has 2 heterocycles. The maximum atomic E-state index is 5.88. The second kappa shape index (κ2) is 6.53. The molecule has 0 radical (unpaired) electrons. The van der Waals surface area contributed by atoms with E-state index in [1.807, 2.05) is 10.9 Å². The van der Waals surface area contributed by atoms with E-state index < -0.39 is 0 Å². The number of hydrogen-bond donors (Lipinski definition) is 2. The SMILES string of the molecule is CC(C)n1ncc(Br)c1C(NN)C1CN(C)CCN1C. The van der Waals surface area contributed by atoms with Crippen LogP contribution >= 0.6 is 15.9 Å². The molecule has 1 aliphatic heterocycles. The molecule has 1 aliphatic rings. The maximum Gasteiger partial charge on any atom is 0.0807 e. The molecule has 0 spiro atoms. The van der Waals surface area contributed by atoms with Crippen molar-refractivity contribution in [2.24, 2.45) is 5.84 Å². The van der Waals surface area contributed by atoms with Crippen LogP contribution in [0, 0.1) is 0 Å². The molecule has 0 bridgehead atoms. The van der Waals surface area contributed by atoms with Crippen LogP contribution in [0.15, 0.2) is 10.7 Å². The number of nitrogens with zero attached hydrogens (tertiary/aromatic N) is 4. The van der Waals surface area contributed by atoms with E-state index in [1.165, 1.54) is 0 Å². The van der Waals surface area contributed by atoms with Gasteiger partial charge in [-0.15, -0.1) is 0 Å². The van der Waals surface area contributed by atoms with Crippen molar-refractivity contribution < 1.29 is 0 Å². The largest absolute Gasteiger partial charge is 0.303 e. The van der Waals surface area contributed by atoms with Crippen LogP contribution in [0.3, 0.4) is 0 Å². The molecule has 114 valence electrons. The summed E-state index contributed by atoms with van der Waals surface area (Å²) in [4.78, 5) is 4.72. The first-order valence-corrected chi connectivity index (χ1v) is 7.82. The molecule has 3 N–H and O–H groups in total. The molecule has 1 saturated heterocycles. The van der Waals surface area contributed by atoms with Gasteiger partial charge in [-0.2, -0.15) is 5.10 Å². The number of likely N-dealkylation sites (N-methyl/N-ethyl adjacent to an activating group) is 2. The monoisotopic (exact) mass is 344 g/mol. The average Bonchev–Trinajstić information content (AvgIpc) is 2.77. The Bertz CT molecular complexity index is 446. The first-order chi connectivity index (χ1) is 9.45. The Morgan fingerprint density at radius 3 is 2.70 bits per heavy atom. The fraction of sp³-hybridized carbons (Fsp3) is 0.769. The predicted octanol–water partition coefficient (Wildman–Crippen LogP) is 0.977. The zero-order valence-corrected chi connectivity index (χ0v) is 14.3. The van der Waals surface area contributed by atoms with Gasteiger partial charge in [-0.3, -0.25) is 15.4 Å². The predicted molar refractivity (Wildman–Crippen MR) is 84.3 cm³/mol. The maximum absolute atomic E-state index is 5.88. The summed E-state index contributed by atoms with van der Waals surface area (Å²) in [5.74, 6) is 5.88. The average molecular weight is 345 g/mol.